The molecule has 3 aromatic rings. The minimum absolute atomic E-state index is 0.0518. The van der Waals surface area contributed by atoms with Crippen LogP contribution < -0.4 is 0 Å². The first kappa shape index (κ1) is 16.3. The lowest BCUT2D eigenvalue weighted by molar-refractivity contribution is 0.586. The molecule has 0 aliphatic rings. The van der Waals surface area contributed by atoms with Gasteiger partial charge in [0.1, 0.15) is 17.7 Å². The number of furan rings is 1. The zero-order chi connectivity index (χ0) is 17.1. The molecule has 3 heterocycles. The highest BCUT2D eigenvalue weighted by molar-refractivity contribution is 9.10. The van der Waals surface area contributed by atoms with Crippen molar-refractivity contribution in [3.63, 3.8) is 0 Å². The normalized spacial score (nSPS) is 10.2. The Morgan fingerprint density at radius 1 is 1.29 bits per heavy atom. The van der Waals surface area contributed by atoms with E-state index in [9.17, 15) is 0 Å². The van der Waals surface area contributed by atoms with Gasteiger partial charge in [0.15, 0.2) is 16.5 Å². The van der Waals surface area contributed by atoms with Gasteiger partial charge in [0.25, 0.3) is 0 Å². The molecule has 0 bridgehead atoms. The number of hydrogen-bond donors (Lipinski definition) is 0. The van der Waals surface area contributed by atoms with Crippen molar-refractivity contribution in [2.75, 3.05) is 0 Å². The Balaban J connectivity index is 1.92. The minimum Gasteiger partial charge on any atom is -0.452 e. The molecule has 118 valence electrons. The standard InChI is InChI=1S/C17H11BrN4OS/c1-2-22-13(3-6-16(22)18)14-4-5-15(23-14)17-21-10-12(24-17)7-11(8-19)9-20/h3-7,10H,2H2,1H3. The summed E-state index contributed by atoms with van der Waals surface area (Å²) in [6.45, 7) is 2.90. The number of halogens is 1. The van der Waals surface area contributed by atoms with Crippen LogP contribution in [0.25, 0.3) is 28.3 Å². The predicted molar refractivity (Wildman–Crippen MR) is 95.8 cm³/mol. The van der Waals surface area contributed by atoms with Crippen LogP contribution in [-0.4, -0.2) is 9.55 Å². The molecule has 0 atom stereocenters. The lowest BCUT2D eigenvalue weighted by Gasteiger charge is -2.05. The molecule has 0 aromatic carbocycles. The van der Waals surface area contributed by atoms with Crippen LogP contribution in [0.1, 0.15) is 11.8 Å². The summed E-state index contributed by atoms with van der Waals surface area (Å²) in [5.74, 6) is 1.42. The molecular weight excluding hydrogens is 388 g/mol. The number of nitriles is 2. The second-order valence-electron chi connectivity index (χ2n) is 4.80. The largest absolute Gasteiger partial charge is 0.452 e. The van der Waals surface area contributed by atoms with Crippen molar-refractivity contribution in [2.45, 2.75) is 13.5 Å². The molecular formula is C17H11BrN4OS. The van der Waals surface area contributed by atoms with Crippen LogP contribution in [0.3, 0.4) is 0 Å². The topological polar surface area (TPSA) is 78.5 Å². The van der Waals surface area contributed by atoms with E-state index in [1.54, 1.807) is 6.20 Å². The van der Waals surface area contributed by atoms with Crippen LogP contribution in [0.2, 0.25) is 0 Å². The van der Waals surface area contributed by atoms with Gasteiger partial charge in [-0.3, -0.25) is 0 Å². The van der Waals surface area contributed by atoms with Crippen molar-refractivity contribution in [1.29, 1.82) is 10.5 Å². The molecule has 3 rings (SSSR count). The summed E-state index contributed by atoms with van der Waals surface area (Å²) in [7, 11) is 0. The minimum atomic E-state index is 0.0518. The van der Waals surface area contributed by atoms with Crippen molar-refractivity contribution in [3.8, 4) is 34.4 Å². The first-order valence-corrected chi connectivity index (χ1v) is 8.70. The Morgan fingerprint density at radius 3 is 2.75 bits per heavy atom. The molecule has 3 aromatic heterocycles. The second-order valence-corrected chi connectivity index (χ2v) is 6.67. The van der Waals surface area contributed by atoms with Gasteiger partial charge in [-0.05, 0) is 53.2 Å². The first-order chi connectivity index (χ1) is 11.7. The number of rotatable bonds is 4. The van der Waals surface area contributed by atoms with E-state index < -0.39 is 0 Å². The van der Waals surface area contributed by atoms with E-state index in [2.05, 4.69) is 32.4 Å². The van der Waals surface area contributed by atoms with Crippen LogP contribution in [0.5, 0.6) is 0 Å². The van der Waals surface area contributed by atoms with Crippen molar-refractivity contribution >= 4 is 33.3 Å². The van der Waals surface area contributed by atoms with Gasteiger partial charge >= 0.3 is 0 Å². The molecule has 0 aliphatic heterocycles. The SMILES string of the molecule is CCn1c(Br)ccc1-c1ccc(-c2ncc(C=C(C#N)C#N)s2)o1. The highest BCUT2D eigenvalue weighted by Gasteiger charge is 2.14. The zero-order valence-corrected chi connectivity index (χ0v) is 15.1. The van der Waals surface area contributed by atoms with Crippen LogP contribution in [0.15, 0.2) is 45.1 Å². The van der Waals surface area contributed by atoms with Crippen molar-refractivity contribution in [3.05, 3.63) is 45.5 Å². The van der Waals surface area contributed by atoms with Crippen LogP contribution in [0, 0.1) is 22.7 Å². The molecule has 0 radical (unpaired) electrons. The second kappa shape index (κ2) is 6.88. The van der Waals surface area contributed by atoms with Gasteiger partial charge < -0.3 is 8.98 Å². The quantitative estimate of drug-likeness (QED) is 0.573. The lowest BCUT2D eigenvalue weighted by atomic mass is 10.3. The summed E-state index contributed by atoms with van der Waals surface area (Å²) < 4.78 is 9.04. The Kier molecular flexibility index (Phi) is 4.66. The number of thiazole rings is 1. The average molecular weight is 399 g/mol. The van der Waals surface area contributed by atoms with Gasteiger partial charge in [0.2, 0.25) is 0 Å². The van der Waals surface area contributed by atoms with Crippen LogP contribution >= 0.6 is 27.3 Å². The third kappa shape index (κ3) is 3.05. The molecule has 5 nitrogen and oxygen atoms in total. The fourth-order valence-corrected chi connectivity index (χ4v) is 3.66. The Bertz CT molecular complexity index is 981. The maximum Gasteiger partial charge on any atom is 0.163 e. The maximum absolute atomic E-state index is 8.81. The highest BCUT2D eigenvalue weighted by atomic mass is 79.9. The number of allylic oxidation sites excluding steroid dienone is 1. The van der Waals surface area contributed by atoms with E-state index in [0.29, 0.717) is 10.8 Å². The molecule has 0 N–H and O–H groups in total. The van der Waals surface area contributed by atoms with Gasteiger partial charge in [0.05, 0.1) is 10.3 Å². The molecule has 0 unspecified atom stereocenters. The summed E-state index contributed by atoms with van der Waals surface area (Å²) >= 11 is 4.89. The number of aromatic nitrogens is 2. The van der Waals surface area contributed by atoms with Gasteiger partial charge in [-0.2, -0.15) is 10.5 Å². The van der Waals surface area contributed by atoms with Gasteiger partial charge in [-0.1, -0.05) is 0 Å². The first-order valence-electron chi connectivity index (χ1n) is 7.09. The van der Waals surface area contributed by atoms with E-state index >= 15 is 0 Å². The molecule has 0 saturated heterocycles. The van der Waals surface area contributed by atoms with Gasteiger partial charge in [-0.15, -0.1) is 11.3 Å². The molecule has 0 saturated carbocycles. The fourth-order valence-electron chi connectivity index (χ4n) is 2.27. The Labute approximate surface area is 151 Å². The highest BCUT2D eigenvalue weighted by Crippen LogP contribution is 2.33. The van der Waals surface area contributed by atoms with Crippen molar-refractivity contribution < 1.29 is 4.42 Å². The molecule has 0 spiro atoms. The zero-order valence-electron chi connectivity index (χ0n) is 12.7. The summed E-state index contributed by atoms with van der Waals surface area (Å²) in [6, 6.07) is 11.4. The molecule has 7 heteroatoms. The lowest BCUT2D eigenvalue weighted by Crippen LogP contribution is -1.95. The number of nitrogens with zero attached hydrogens (tertiary/aromatic N) is 4. The van der Waals surface area contributed by atoms with E-state index in [1.807, 2.05) is 36.4 Å². The summed E-state index contributed by atoms with van der Waals surface area (Å²) in [6.07, 6.45) is 3.15. The average Bonchev–Trinajstić information content (AvgIpc) is 3.31. The Morgan fingerprint density at radius 2 is 2.04 bits per heavy atom. The van der Waals surface area contributed by atoms with E-state index in [-0.39, 0.29) is 5.57 Å². The monoisotopic (exact) mass is 398 g/mol. The maximum atomic E-state index is 8.81. The third-order valence-corrected chi connectivity index (χ3v) is 5.02. The van der Waals surface area contributed by atoms with E-state index in [0.717, 1.165) is 27.5 Å². The fraction of sp³-hybridized carbons (Fsp3) is 0.118. The van der Waals surface area contributed by atoms with Crippen molar-refractivity contribution in [2.24, 2.45) is 0 Å². The van der Waals surface area contributed by atoms with E-state index in [1.165, 1.54) is 17.4 Å². The Hall–Kier alpha value is -2.61. The predicted octanol–water partition coefficient (Wildman–Crippen LogP) is 5.08. The molecule has 0 aliphatic carbocycles. The number of hydrogen-bond acceptors (Lipinski definition) is 5. The van der Waals surface area contributed by atoms with Crippen LogP contribution in [-0.2, 0) is 6.54 Å². The molecule has 24 heavy (non-hydrogen) atoms. The van der Waals surface area contributed by atoms with Crippen molar-refractivity contribution in [1.82, 2.24) is 9.55 Å². The molecule has 0 amide bonds. The van der Waals surface area contributed by atoms with Gasteiger partial charge in [0, 0.05) is 17.6 Å². The summed E-state index contributed by atoms with van der Waals surface area (Å²) in [5, 5.41) is 18.3. The van der Waals surface area contributed by atoms with Crippen LogP contribution in [0.4, 0.5) is 0 Å². The smallest absolute Gasteiger partial charge is 0.163 e. The third-order valence-electron chi connectivity index (χ3n) is 3.36. The van der Waals surface area contributed by atoms with E-state index in [4.69, 9.17) is 14.9 Å². The summed E-state index contributed by atoms with van der Waals surface area (Å²) in [5.41, 5.74) is 1.04. The van der Waals surface area contributed by atoms with Gasteiger partial charge in [-0.25, -0.2) is 4.98 Å². The summed E-state index contributed by atoms with van der Waals surface area (Å²) in [4.78, 5) is 5.04. The molecule has 0 fully saturated rings.